The van der Waals surface area contributed by atoms with Crippen LogP contribution in [0, 0.1) is 0 Å². The van der Waals surface area contributed by atoms with Crippen LogP contribution in [0.25, 0.3) is 0 Å². The molecule has 1 saturated heterocycles. The second-order valence-corrected chi connectivity index (χ2v) is 8.53. The van der Waals surface area contributed by atoms with Crippen LogP contribution < -0.4 is 24.8 Å². The van der Waals surface area contributed by atoms with Gasteiger partial charge in [-0.2, -0.15) is 0 Å². The molecule has 2 aromatic carbocycles. The zero-order valence-corrected chi connectivity index (χ0v) is 20.3. The molecule has 2 aromatic rings. The fourth-order valence-corrected chi connectivity index (χ4v) is 4.50. The van der Waals surface area contributed by atoms with E-state index in [1.54, 1.807) is 20.3 Å². The molecule has 0 amide bonds. The average molecular weight is 462 g/mol. The summed E-state index contributed by atoms with van der Waals surface area (Å²) < 4.78 is 16.5. The van der Waals surface area contributed by atoms with Crippen molar-refractivity contribution < 1.29 is 14.2 Å². The first-order valence-electron chi connectivity index (χ1n) is 11.5. The summed E-state index contributed by atoms with van der Waals surface area (Å²) in [7, 11) is 3.17. The number of methoxy groups -OCH3 is 2. The minimum atomic E-state index is 0.515. The first-order valence-corrected chi connectivity index (χ1v) is 11.8. The predicted molar refractivity (Wildman–Crippen MR) is 133 cm³/mol. The molecule has 0 aliphatic carbocycles. The van der Waals surface area contributed by atoms with Gasteiger partial charge in [-0.05, 0) is 43.5 Å². The van der Waals surface area contributed by atoms with Crippen molar-refractivity contribution in [2.24, 2.45) is 0 Å². The van der Waals surface area contributed by atoms with Gasteiger partial charge >= 0.3 is 0 Å². The predicted octanol–water partition coefficient (Wildman–Crippen LogP) is 4.87. The highest BCUT2D eigenvalue weighted by molar-refractivity contribution is 6.31. The lowest BCUT2D eigenvalue weighted by molar-refractivity contribution is 0.238. The van der Waals surface area contributed by atoms with Gasteiger partial charge in [0.2, 0.25) is 0 Å². The SMILES string of the molecule is CCCc1c(Cl)cccc1N1CCN(CCCCOc2cc(N)c(OC)c(OC)c2)CC1. The average Bonchev–Trinajstić information content (AvgIpc) is 2.80. The van der Waals surface area contributed by atoms with Gasteiger partial charge in [-0.25, -0.2) is 0 Å². The molecular formula is C25H36ClN3O3. The van der Waals surface area contributed by atoms with Crippen LogP contribution in [0.3, 0.4) is 0 Å². The van der Waals surface area contributed by atoms with E-state index in [0.717, 1.165) is 63.4 Å². The molecule has 0 bridgehead atoms. The number of halogens is 1. The number of benzene rings is 2. The van der Waals surface area contributed by atoms with Gasteiger partial charge in [0.1, 0.15) is 5.75 Å². The van der Waals surface area contributed by atoms with Gasteiger partial charge < -0.3 is 24.8 Å². The van der Waals surface area contributed by atoms with E-state index in [9.17, 15) is 0 Å². The van der Waals surface area contributed by atoms with Crippen LogP contribution >= 0.6 is 11.6 Å². The molecule has 0 radical (unpaired) electrons. The van der Waals surface area contributed by atoms with Gasteiger partial charge in [0.25, 0.3) is 0 Å². The summed E-state index contributed by atoms with van der Waals surface area (Å²) in [4.78, 5) is 5.02. The van der Waals surface area contributed by atoms with Crippen molar-refractivity contribution in [3.8, 4) is 17.2 Å². The third-order valence-electron chi connectivity index (χ3n) is 5.93. The van der Waals surface area contributed by atoms with E-state index in [1.807, 2.05) is 12.1 Å². The molecule has 6 nitrogen and oxygen atoms in total. The molecule has 0 spiro atoms. The Labute approximate surface area is 197 Å². The van der Waals surface area contributed by atoms with Gasteiger partial charge in [0.15, 0.2) is 11.5 Å². The fourth-order valence-electron chi connectivity index (χ4n) is 4.23. The molecular weight excluding hydrogens is 426 g/mol. The molecule has 0 aromatic heterocycles. The highest BCUT2D eigenvalue weighted by Crippen LogP contribution is 2.37. The van der Waals surface area contributed by atoms with Crippen LogP contribution in [0.15, 0.2) is 30.3 Å². The van der Waals surface area contributed by atoms with Crippen molar-refractivity contribution in [2.45, 2.75) is 32.6 Å². The highest BCUT2D eigenvalue weighted by atomic mass is 35.5. The molecule has 3 rings (SSSR count). The second kappa shape index (κ2) is 12.1. The van der Waals surface area contributed by atoms with Crippen LogP contribution in [0.2, 0.25) is 5.02 Å². The van der Waals surface area contributed by atoms with Crippen LogP contribution in [-0.4, -0.2) is 58.5 Å². The Kier molecular flexibility index (Phi) is 9.18. The van der Waals surface area contributed by atoms with Gasteiger partial charge in [-0.15, -0.1) is 0 Å². The topological polar surface area (TPSA) is 60.2 Å². The third-order valence-corrected chi connectivity index (χ3v) is 6.28. The summed E-state index contributed by atoms with van der Waals surface area (Å²) in [6, 6.07) is 9.88. The molecule has 1 aliphatic rings. The Morgan fingerprint density at radius 3 is 2.50 bits per heavy atom. The maximum absolute atomic E-state index is 6.47. The van der Waals surface area contributed by atoms with Crippen molar-refractivity contribution in [3.63, 3.8) is 0 Å². The standard InChI is InChI=1S/C25H36ClN3O3/c1-4-8-20-21(26)9-7-10-23(20)29-14-12-28(13-15-29)11-5-6-16-32-19-17-22(27)25(31-3)24(18-19)30-2/h7,9-10,17-18H,4-6,8,11-16,27H2,1-3H3. The molecule has 0 atom stereocenters. The number of nitrogens with zero attached hydrogens (tertiary/aromatic N) is 2. The largest absolute Gasteiger partial charge is 0.493 e. The lowest BCUT2D eigenvalue weighted by Gasteiger charge is -2.37. The van der Waals surface area contributed by atoms with E-state index in [1.165, 1.54) is 11.3 Å². The Balaban J connectivity index is 1.40. The normalized spacial score (nSPS) is 14.4. The summed E-state index contributed by atoms with van der Waals surface area (Å²) in [6.07, 6.45) is 4.22. The number of ether oxygens (including phenoxy) is 3. The fraction of sp³-hybridized carbons (Fsp3) is 0.520. The first kappa shape index (κ1) is 24.3. The zero-order valence-electron chi connectivity index (χ0n) is 19.5. The van der Waals surface area contributed by atoms with E-state index in [0.29, 0.717) is 29.5 Å². The number of nitrogen functional groups attached to an aromatic ring is 1. The molecule has 7 heteroatoms. The quantitative estimate of drug-likeness (QED) is 0.380. The number of nitrogens with two attached hydrogens (primary N) is 1. The Bertz CT molecular complexity index is 870. The maximum Gasteiger partial charge on any atom is 0.184 e. The number of hydrogen-bond acceptors (Lipinski definition) is 6. The van der Waals surface area contributed by atoms with Crippen molar-refractivity contribution >= 4 is 23.0 Å². The maximum atomic E-state index is 6.47. The molecule has 1 heterocycles. The first-order chi connectivity index (χ1) is 15.6. The van der Waals surface area contributed by atoms with E-state index in [2.05, 4.69) is 28.9 Å². The number of unbranched alkanes of at least 4 members (excludes halogenated alkanes) is 1. The summed E-state index contributed by atoms with van der Waals surface area (Å²) in [5.41, 5.74) is 9.13. The monoisotopic (exact) mass is 461 g/mol. The minimum Gasteiger partial charge on any atom is -0.493 e. The Morgan fingerprint density at radius 2 is 1.81 bits per heavy atom. The minimum absolute atomic E-state index is 0.515. The van der Waals surface area contributed by atoms with Crippen LogP contribution in [-0.2, 0) is 6.42 Å². The van der Waals surface area contributed by atoms with E-state index < -0.39 is 0 Å². The van der Waals surface area contributed by atoms with Crippen molar-refractivity contribution in [1.29, 1.82) is 0 Å². The van der Waals surface area contributed by atoms with E-state index in [4.69, 9.17) is 31.5 Å². The van der Waals surface area contributed by atoms with Crippen LogP contribution in [0.4, 0.5) is 11.4 Å². The van der Waals surface area contributed by atoms with Gasteiger partial charge in [0, 0.05) is 49.0 Å². The lowest BCUT2D eigenvalue weighted by Crippen LogP contribution is -2.47. The van der Waals surface area contributed by atoms with Crippen molar-refractivity contribution in [3.05, 3.63) is 40.9 Å². The van der Waals surface area contributed by atoms with E-state index in [-0.39, 0.29) is 0 Å². The summed E-state index contributed by atoms with van der Waals surface area (Å²) in [5, 5.41) is 0.892. The highest BCUT2D eigenvalue weighted by Gasteiger charge is 2.19. The molecule has 0 saturated carbocycles. The smallest absolute Gasteiger partial charge is 0.184 e. The molecule has 176 valence electrons. The third kappa shape index (κ3) is 6.14. The number of piperazine rings is 1. The second-order valence-electron chi connectivity index (χ2n) is 8.12. The van der Waals surface area contributed by atoms with Crippen molar-refractivity contribution in [2.75, 3.05) is 64.2 Å². The lowest BCUT2D eigenvalue weighted by atomic mass is 10.1. The molecule has 1 aliphatic heterocycles. The number of rotatable bonds is 11. The van der Waals surface area contributed by atoms with Crippen LogP contribution in [0.1, 0.15) is 31.7 Å². The Hall–Kier alpha value is -2.31. The molecule has 0 unspecified atom stereocenters. The Morgan fingerprint density at radius 1 is 1.03 bits per heavy atom. The summed E-state index contributed by atoms with van der Waals surface area (Å²) in [5.74, 6) is 1.83. The summed E-state index contributed by atoms with van der Waals surface area (Å²) in [6.45, 7) is 8.17. The molecule has 32 heavy (non-hydrogen) atoms. The molecule has 2 N–H and O–H groups in total. The number of hydrogen-bond donors (Lipinski definition) is 1. The van der Waals surface area contributed by atoms with Gasteiger partial charge in [-0.3, -0.25) is 4.90 Å². The van der Waals surface area contributed by atoms with Gasteiger partial charge in [0.05, 0.1) is 26.5 Å². The number of anilines is 2. The van der Waals surface area contributed by atoms with E-state index >= 15 is 0 Å². The van der Waals surface area contributed by atoms with Crippen LogP contribution in [0.5, 0.6) is 17.2 Å². The zero-order chi connectivity index (χ0) is 22.9. The molecule has 1 fully saturated rings. The summed E-state index contributed by atoms with van der Waals surface area (Å²) >= 11 is 6.47. The van der Waals surface area contributed by atoms with Gasteiger partial charge in [-0.1, -0.05) is 31.0 Å². The van der Waals surface area contributed by atoms with Crippen molar-refractivity contribution in [1.82, 2.24) is 4.90 Å².